The second kappa shape index (κ2) is 10.7. The molecule has 10 heteroatoms. The van der Waals surface area contributed by atoms with Crippen LogP contribution in [0.3, 0.4) is 0 Å². The van der Waals surface area contributed by atoms with Crippen molar-refractivity contribution < 1.29 is 28.8 Å². The molecule has 0 aliphatic heterocycles. The SMILES string of the molecule is COCCNC(=O)c1sc2cc(OCc3ccc(Cl)cc3Cl)ccc2c1OOC(C)=O. The lowest BCUT2D eigenvalue weighted by Gasteiger charge is -2.08. The number of hydrogen-bond donors (Lipinski definition) is 1. The third-order valence-electron chi connectivity index (χ3n) is 4.07. The van der Waals surface area contributed by atoms with Gasteiger partial charge >= 0.3 is 5.97 Å². The second-order valence-electron chi connectivity index (χ2n) is 6.35. The van der Waals surface area contributed by atoms with Gasteiger partial charge in [0.05, 0.1) is 6.61 Å². The third-order valence-corrected chi connectivity index (χ3v) is 5.79. The molecule has 0 aliphatic rings. The van der Waals surface area contributed by atoms with Crippen molar-refractivity contribution in [3.8, 4) is 11.5 Å². The van der Waals surface area contributed by atoms with Crippen LogP contribution in [-0.2, 0) is 21.0 Å². The minimum Gasteiger partial charge on any atom is -0.489 e. The molecule has 0 radical (unpaired) electrons. The van der Waals surface area contributed by atoms with Crippen LogP contribution < -0.4 is 14.9 Å². The summed E-state index contributed by atoms with van der Waals surface area (Å²) in [5.41, 5.74) is 0.787. The molecule has 0 bridgehead atoms. The van der Waals surface area contributed by atoms with Crippen molar-refractivity contribution in [2.75, 3.05) is 20.3 Å². The molecular formula is C21H19Cl2NO6S. The van der Waals surface area contributed by atoms with Gasteiger partial charge in [-0.05, 0) is 30.3 Å². The molecule has 31 heavy (non-hydrogen) atoms. The van der Waals surface area contributed by atoms with Crippen LogP contribution in [0.2, 0.25) is 10.0 Å². The molecule has 0 atom stereocenters. The summed E-state index contributed by atoms with van der Waals surface area (Å²) in [6.07, 6.45) is 0. The van der Waals surface area contributed by atoms with E-state index in [1.807, 2.05) is 0 Å². The lowest BCUT2D eigenvalue weighted by atomic mass is 10.2. The van der Waals surface area contributed by atoms with Gasteiger partial charge in [0, 0.05) is 46.3 Å². The zero-order valence-corrected chi connectivity index (χ0v) is 19.0. The van der Waals surface area contributed by atoms with E-state index in [0.29, 0.717) is 34.3 Å². The Kier molecular flexibility index (Phi) is 7.97. The Hall–Kier alpha value is -2.52. The summed E-state index contributed by atoms with van der Waals surface area (Å²) < 4.78 is 11.5. The standard InChI is InChI=1S/C21H19Cl2NO6S/c1-12(25)29-30-19-16-6-5-15(28-11-13-3-4-14(22)9-17(13)23)10-18(16)31-20(19)21(26)24-7-8-27-2/h3-6,9-10H,7-8,11H2,1-2H3,(H,24,26). The normalized spacial score (nSPS) is 10.7. The van der Waals surface area contributed by atoms with Crippen LogP contribution in [0.15, 0.2) is 36.4 Å². The van der Waals surface area contributed by atoms with Gasteiger partial charge in [-0.2, -0.15) is 0 Å². The first-order chi connectivity index (χ1) is 14.9. The fraction of sp³-hybridized carbons (Fsp3) is 0.238. The van der Waals surface area contributed by atoms with E-state index in [1.165, 1.54) is 18.3 Å². The Morgan fingerprint density at radius 1 is 1.13 bits per heavy atom. The number of hydrogen-bond acceptors (Lipinski definition) is 7. The molecule has 0 aliphatic carbocycles. The van der Waals surface area contributed by atoms with Crippen molar-refractivity contribution in [3.63, 3.8) is 0 Å². The molecule has 3 aromatic rings. The number of nitrogens with one attached hydrogen (secondary N) is 1. The summed E-state index contributed by atoms with van der Waals surface area (Å²) in [6, 6.07) is 10.4. The fourth-order valence-electron chi connectivity index (χ4n) is 2.62. The van der Waals surface area contributed by atoms with E-state index >= 15 is 0 Å². The molecule has 0 spiro atoms. The van der Waals surface area contributed by atoms with Crippen molar-refractivity contribution in [2.45, 2.75) is 13.5 Å². The summed E-state index contributed by atoms with van der Waals surface area (Å²) in [6.45, 7) is 2.14. The molecule has 0 saturated carbocycles. The summed E-state index contributed by atoms with van der Waals surface area (Å²) in [7, 11) is 1.54. The summed E-state index contributed by atoms with van der Waals surface area (Å²) >= 11 is 13.3. The topological polar surface area (TPSA) is 83.1 Å². The maximum Gasteiger partial charge on any atom is 0.352 e. The van der Waals surface area contributed by atoms with Gasteiger partial charge in [0.1, 0.15) is 17.2 Å². The number of halogens is 2. The maximum atomic E-state index is 12.6. The molecule has 3 rings (SSSR count). The number of rotatable bonds is 9. The zero-order chi connectivity index (χ0) is 22.4. The van der Waals surface area contributed by atoms with Gasteiger partial charge in [-0.3, -0.25) is 14.6 Å². The largest absolute Gasteiger partial charge is 0.489 e. The molecule has 1 amide bonds. The van der Waals surface area contributed by atoms with E-state index in [9.17, 15) is 9.59 Å². The van der Waals surface area contributed by atoms with Gasteiger partial charge in [0.15, 0.2) is 0 Å². The molecule has 2 aromatic carbocycles. The summed E-state index contributed by atoms with van der Waals surface area (Å²) in [5.74, 6) is -0.261. The Labute approximate surface area is 192 Å². The van der Waals surface area contributed by atoms with Gasteiger partial charge in [-0.25, -0.2) is 4.79 Å². The Morgan fingerprint density at radius 2 is 1.94 bits per heavy atom. The van der Waals surface area contributed by atoms with Crippen LogP contribution in [0, 0.1) is 0 Å². The Morgan fingerprint density at radius 3 is 2.65 bits per heavy atom. The Bertz CT molecular complexity index is 1100. The lowest BCUT2D eigenvalue weighted by Crippen LogP contribution is -2.26. The number of fused-ring (bicyclic) bond motifs is 1. The van der Waals surface area contributed by atoms with Crippen molar-refractivity contribution in [1.29, 1.82) is 0 Å². The highest BCUT2D eigenvalue weighted by atomic mass is 35.5. The van der Waals surface area contributed by atoms with Gasteiger partial charge in [0.25, 0.3) is 5.91 Å². The lowest BCUT2D eigenvalue weighted by molar-refractivity contribution is -0.210. The first kappa shape index (κ1) is 23.1. The first-order valence-corrected chi connectivity index (χ1v) is 10.7. The van der Waals surface area contributed by atoms with Crippen LogP contribution in [-0.4, -0.2) is 32.1 Å². The fourth-order valence-corrected chi connectivity index (χ4v) is 4.15. The molecule has 0 saturated heterocycles. The predicted molar refractivity (Wildman–Crippen MR) is 119 cm³/mol. The number of amides is 1. The number of benzene rings is 2. The van der Waals surface area contributed by atoms with E-state index < -0.39 is 5.97 Å². The highest BCUT2D eigenvalue weighted by Crippen LogP contribution is 2.40. The minimum absolute atomic E-state index is 0.164. The van der Waals surface area contributed by atoms with E-state index in [4.69, 9.17) is 37.6 Å². The Balaban J connectivity index is 1.84. The highest BCUT2D eigenvalue weighted by Gasteiger charge is 2.22. The van der Waals surface area contributed by atoms with Crippen molar-refractivity contribution >= 4 is 56.5 Å². The second-order valence-corrected chi connectivity index (χ2v) is 8.25. The average molecular weight is 484 g/mol. The number of thiophene rings is 1. The van der Waals surface area contributed by atoms with Gasteiger partial charge in [-0.1, -0.05) is 29.3 Å². The number of ether oxygens (including phenoxy) is 2. The summed E-state index contributed by atoms with van der Waals surface area (Å²) in [4.78, 5) is 33.9. The predicted octanol–water partition coefficient (Wildman–Crippen LogP) is 5.02. The number of carbonyl (C=O) groups excluding carboxylic acids is 2. The first-order valence-electron chi connectivity index (χ1n) is 9.14. The molecule has 1 aromatic heterocycles. The summed E-state index contributed by atoms with van der Waals surface area (Å²) in [5, 5.41) is 4.40. The average Bonchev–Trinajstić information content (AvgIpc) is 3.09. The van der Waals surface area contributed by atoms with Crippen LogP contribution in [0.4, 0.5) is 0 Å². The van der Waals surface area contributed by atoms with Gasteiger partial charge < -0.3 is 14.8 Å². The van der Waals surface area contributed by atoms with Crippen LogP contribution in [0.25, 0.3) is 10.1 Å². The van der Waals surface area contributed by atoms with Crippen molar-refractivity contribution in [3.05, 3.63) is 56.9 Å². The molecular weight excluding hydrogens is 465 g/mol. The van der Waals surface area contributed by atoms with Crippen LogP contribution >= 0.6 is 34.5 Å². The molecule has 0 fully saturated rings. The maximum absolute atomic E-state index is 12.6. The van der Waals surface area contributed by atoms with Gasteiger partial charge in [-0.15, -0.1) is 11.3 Å². The van der Waals surface area contributed by atoms with Crippen molar-refractivity contribution in [2.24, 2.45) is 0 Å². The van der Waals surface area contributed by atoms with E-state index in [-0.39, 0.29) is 23.1 Å². The van der Waals surface area contributed by atoms with E-state index in [1.54, 1.807) is 43.5 Å². The number of carbonyl (C=O) groups is 2. The quantitative estimate of drug-likeness (QED) is 0.261. The van der Waals surface area contributed by atoms with E-state index in [2.05, 4.69) is 10.2 Å². The molecule has 164 valence electrons. The van der Waals surface area contributed by atoms with E-state index in [0.717, 1.165) is 10.3 Å². The van der Waals surface area contributed by atoms with Crippen LogP contribution in [0.1, 0.15) is 22.2 Å². The minimum atomic E-state index is -0.634. The van der Waals surface area contributed by atoms with Crippen molar-refractivity contribution in [1.82, 2.24) is 5.32 Å². The monoisotopic (exact) mass is 483 g/mol. The molecule has 0 unspecified atom stereocenters. The smallest absolute Gasteiger partial charge is 0.352 e. The van der Waals surface area contributed by atoms with Gasteiger partial charge in [0.2, 0.25) is 5.75 Å². The molecule has 1 heterocycles. The molecule has 7 nitrogen and oxygen atoms in total. The zero-order valence-electron chi connectivity index (χ0n) is 16.7. The molecule has 1 N–H and O–H groups in total. The van der Waals surface area contributed by atoms with Crippen LogP contribution in [0.5, 0.6) is 11.5 Å². The highest BCUT2D eigenvalue weighted by molar-refractivity contribution is 7.21. The third kappa shape index (κ3) is 6.01. The number of methoxy groups -OCH3 is 1.